The van der Waals surface area contributed by atoms with Gasteiger partial charge in [-0.1, -0.05) is 66.2 Å². The van der Waals surface area contributed by atoms with Gasteiger partial charge in [-0.05, 0) is 24.7 Å². The fourth-order valence-corrected chi connectivity index (χ4v) is 2.68. The molecule has 0 rings (SSSR count). The number of hydrogen-bond donors (Lipinski definition) is 0. The largest absolute Gasteiger partial charge is 0.530 e. The van der Waals surface area contributed by atoms with Gasteiger partial charge in [0.1, 0.15) is 6.09 Å². The van der Waals surface area contributed by atoms with Crippen molar-refractivity contribution in [3.05, 3.63) is 0 Å². The molecule has 0 bridgehead atoms. The molecule has 0 aromatic heterocycles. The van der Waals surface area contributed by atoms with Gasteiger partial charge < -0.3 is 14.8 Å². The topological polar surface area (TPSA) is 43.4 Å². The Morgan fingerprint density at radius 1 is 0.900 bits per heavy atom. The highest BCUT2D eigenvalue weighted by molar-refractivity contribution is 5.62. The van der Waals surface area contributed by atoms with Crippen LogP contribution in [0.3, 0.4) is 0 Å². The number of amides is 1. The summed E-state index contributed by atoms with van der Waals surface area (Å²) in [5, 5.41) is 11.4. The Kier molecular flexibility index (Phi) is 11.6. The minimum Gasteiger partial charge on any atom is -0.530 e. The summed E-state index contributed by atoms with van der Waals surface area (Å²) in [6, 6.07) is 0. The lowest BCUT2D eigenvalue weighted by Gasteiger charge is -2.32. The molecule has 0 radical (unpaired) electrons. The Bertz CT molecular complexity index is 225. The molecule has 120 valence electrons. The fraction of sp³-hybridized carbons (Fsp3) is 0.941. The Balaban J connectivity index is 4.41. The van der Waals surface area contributed by atoms with Crippen molar-refractivity contribution in [3.8, 4) is 0 Å². The minimum absolute atomic E-state index is 0.483. The predicted octanol–water partition coefficient (Wildman–Crippen LogP) is 4.06. The van der Waals surface area contributed by atoms with Gasteiger partial charge >= 0.3 is 0 Å². The summed E-state index contributed by atoms with van der Waals surface area (Å²) in [5.74, 6) is 0.966. The molecule has 0 N–H and O–H groups in total. The Morgan fingerprint density at radius 2 is 1.30 bits per heavy atom. The molecule has 20 heavy (non-hydrogen) atoms. The normalized spacial score (nSPS) is 14.0. The highest BCUT2D eigenvalue weighted by Crippen LogP contribution is 2.18. The third kappa shape index (κ3) is 8.44. The van der Waals surface area contributed by atoms with Crippen LogP contribution < -0.4 is 5.11 Å². The number of nitrogens with zero attached hydrogens (tertiary/aromatic N) is 1. The Hall–Kier alpha value is -0.730. The van der Waals surface area contributed by atoms with Crippen LogP contribution in [0.15, 0.2) is 0 Å². The van der Waals surface area contributed by atoms with Crippen molar-refractivity contribution in [1.29, 1.82) is 0 Å². The molecule has 0 saturated heterocycles. The summed E-state index contributed by atoms with van der Waals surface area (Å²) in [7, 11) is 0. The van der Waals surface area contributed by atoms with Crippen molar-refractivity contribution in [2.24, 2.45) is 11.8 Å². The molecular formula is C17H34NO2-. The summed E-state index contributed by atoms with van der Waals surface area (Å²) in [5.41, 5.74) is 0. The van der Waals surface area contributed by atoms with Crippen LogP contribution in [-0.4, -0.2) is 24.1 Å². The summed E-state index contributed by atoms with van der Waals surface area (Å²) in [4.78, 5) is 12.9. The van der Waals surface area contributed by atoms with E-state index in [1.165, 1.54) is 25.7 Å². The van der Waals surface area contributed by atoms with Gasteiger partial charge in [-0.2, -0.15) is 0 Å². The molecule has 0 spiro atoms. The van der Waals surface area contributed by atoms with Crippen LogP contribution in [0.4, 0.5) is 4.79 Å². The number of rotatable bonds is 12. The van der Waals surface area contributed by atoms with Crippen LogP contribution in [0.25, 0.3) is 0 Å². The maximum Gasteiger partial charge on any atom is 0.136 e. The first-order valence-corrected chi connectivity index (χ1v) is 8.54. The van der Waals surface area contributed by atoms with E-state index in [2.05, 4.69) is 27.7 Å². The predicted molar refractivity (Wildman–Crippen MR) is 83.6 cm³/mol. The van der Waals surface area contributed by atoms with Gasteiger partial charge in [0.25, 0.3) is 0 Å². The Morgan fingerprint density at radius 3 is 1.55 bits per heavy atom. The van der Waals surface area contributed by atoms with Gasteiger partial charge in [0, 0.05) is 13.1 Å². The highest BCUT2D eigenvalue weighted by Gasteiger charge is 2.16. The average molecular weight is 284 g/mol. The second-order valence-corrected chi connectivity index (χ2v) is 6.00. The van der Waals surface area contributed by atoms with Crippen LogP contribution >= 0.6 is 0 Å². The first-order valence-electron chi connectivity index (χ1n) is 8.54. The van der Waals surface area contributed by atoms with Crippen molar-refractivity contribution in [2.75, 3.05) is 13.1 Å². The van der Waals surface area contributed by atoms with Crippen molar-refractivity contribution >= 4 is 6.09 Å². The first kappa shape index (κ1) is 19.3. The second-order valence-electron chi connectivity index (χ2n) is 6.00. The second kappa shape index (κ2) is 12.0. The van der Waals surface area contributed by atoms with Crippen molar-refractivity contribution in [2.45, 2.75) is 79.1 Å². The molecular weight excluding hydrogens is 250 g/mol. The quantitative estimate of drug-likeness (QED) is 0.542. The molecule has 3 heteroatoms. The molecule has 0 aliphatic rings. The molecule has 0 aliphatic heterocycles. The molecule has 0 aliphatic carbocycles. The van der Waals surface area contributed by atoms with E-state index in [1.54, 1.807) is 4.90 Å². The van der Waals surface area contributed by atoms with Crippen molar-refractivity contribution in [3.63, 3.8) is 0 Å². The number of carboxylic acid groups (broad SMARTS) is 1. The van der Waals surface area contributed by atoms with E-state index in [0.717, 1.165) is 25.7 Å². The summed E-state index contributed by atoms with van der Waals surface area (Å²) in [6.45, 7) is 9.98. The maximum absolute atomic E-state index is 11.4. The summed E-state index contributed by atoms with van der Waals surface area (Å²) in [6.07, 6.45) is 8.09. The van der Waals surface area contributed by atoms with E-state index in [1.807, 2.05) is 0 Å². The Labute approximate surface area is 125 Å². The number of carbonyl (C=O) groups is 1. The number of unbranched alkanes of at least 4 members (excludes halogenated alkanes) is 2. The maximum atomic E-state index is 11.4. The van der Waals surface area contributed by atoms with Gasteiger partial charge in [-0.25, -0.2) is 0 Å². The lowest BCUT2D eigenvalue weighted by molar-refractivity contribution is -0.266. The van der Waals surface area contributed by atoms with Crippen LogP contribution in [0, 0.1) is 11.8 Å². The third-order valence-electron chi connectivity index (χ3n) is 4.30. The van der Waals surface area contributed by atoms with Crippen LogP contribution in [0.1, 0.15) is 79.1 Å². The van der Waals surface area contributed by atoms with E-state index in [9.17, 15) is 9.90 Å². The van der Waals surface area contributed by atoms with Crippen molar-refractivity contribution < 1.29 is 9.90 Å². The molecule has 1 amide bonds. The fourth-order valence-electron chi connectivity index (χ4n) is 2.68. The van der Waals surface area contributed by atoms with E-state index >= 15 is 0 Å². The molecule has 0 aromatic carbocycles. The average Bonchev–Trinajstić information content (AvgIpc) is 2.45. The van der Waals surface area contributed by atoms with Gasteiger partial charge in [0.15, 0.2) is 0 Å². The van der Waals surface area contributed by atoms with E-state index in [-0.39, 0.29) is 0 Å². The van der Waals surface area contributed by atoms with Gasteiger partial charge in [-0.3, -0.25) is 0 Å². The molecule has 2 unspecified atom stereocenters. The molecule has 0 fully saturated rings. The summed E-state index contributed by atoms with van der Waals surface area (Å²) >= 11 is 0. The smallest absolute Gasteiger partial charge is 0.136 e. The van der Waals surface area contributed by atoms with E-state index in [0.29, 0.717) is 24.9 Å². The van der Waals surface area contributed by atoms with Crippen LogP contribution in [0.2, 0.25) is 0 Å². The number of carbonyl (C=O) groups excluding carboxylic acids is 1. The minimum atomic E-state index is -0.991. The van der Waals surface area contributed by atoms with Gasteiger partial charge in [0.2, 0.25) is 0 Å². The zero-order valence-electron chi connectivity index (χ0n) is 14.0. The third-order valence-corrected chi connectivity index (χ3v) is 4.30. The first-order chi connectivity index (χ1) is 9.58. The zero-order valence-corrected chi connectivity index (χ0v) is 14.0. The SMILES string of the molecule is CCCCC(CC)CN(CC(CC)CCCC)C(=O)[O-]. The highest BCUT2D eigenvalue weighted by atomic mass is 16.4. The van der Waals surface area contributed by atoms with Crippen LogP contribution in [0.5, 0.6) is 0 Å². The molecule has 0 saturated carbocycles. The lowest BCUT2D eigenvalue weighted by Crippen LogP contribution is -2.46. The van der Waals surface area contributed by atoms with Crippen molar-refractivity contribution in [1.82, 2.24) is 4.90 Å². The van der Waals surface area contributed by atoms with E-state index < -0.39 is 6.09 Å². The molecule has 0 aromatic rings. The number of hydrogen-bond acceptors (Lipinski definition) is 2. The summed E-state index contributed by atoms with van der Waals surface area (Å²) < 4.78 is 0. The standard InChI is InChI=1S/C17H35NO2/c1-5-9-11-15(7-3)13-18(17(19)20)14-16(8-4)12-10-6-2/h15-16H,5-14H2,1-4H3,(H,19,20)/p-1. The zero-order chi connectivity index (χ0) is 15.4. The molecule has 0 heterocycles. The van der Waals surface area contributed by atoms with Gasteiger partial charge in [0.05, 0.1) is 0 Å². The monoisotopic (exact) mass is 284 g/mol. The van der Waals surface area contributed by atoms with E-state index in [4.69, 9.17) is 0 Å². The molecule has 3 nitrogen and oxygen atoms in total. The van der Waals surface area contributed by atoms with Gasteiger partial charge in [-0.15, -0.1) is 0 Å². The molecule has 2 atom stereocenters. The van der Waals surface area contributed by atoms with Crippen LogP contribution in [-0.2, 0) is 0 Å². The lowest BCUT2D eigenvalue weighted by atomic mass is 9.96.